The van der Waals surface area contributed by atoms with Crippen LogP contribution >= 0.6 is 0 Å². The van der Waals surface area contributed by atoms with Gasteiger partial charge in [-0.2, -0.15) is 5.26 Å². The van der Waals surface area contributed by atoms with Gasteiger partial charge < -0.3 is 10.1 Å². The maximum atomic E-state index is 12.2. The Morgan fingerprint density at radius 3 is 2.54 bits per heavy atom. The molecule has 0 heterocycles. The molecule has 0 aliphatic rings. The van der Waals surface area contributed by atoms with Crippen molar-refractivity contribution in [3.63, 3.8) is 0 Å². The van der Waals surface area contributed by atoms with Crippen LogP contribution in [-0.4, -0.2) is 18.0 Å². The molecule has 1 amide bonds. The van der Waals surface area contributed by atoms with E-state index in [9.17, 15) is 9.59 Å². The zero-order valence-corrected chi connectivity index (χ0v) is 13.8. The minimum atomic E-state index is -0.982. The van der Waals surface area contributed by atoms with Crippen LogP contribution in [0.5, 0.6) is 0 Å². The van der Waals surface area contributed by atoms with Gasteiger partial charge in [0.2, 0.25) is 0 Å². The van der Waals surface area contributed by atoms with Crippen LogP contribution in [0.15, 0.2) is 42.5 Å². The predicted molar refractivity (Wildman–Crippen MR) is 90.6 cm³/mol. The summed E-state index contributed by atoms with van der Waals surface area (Å²) in [7, 11) is 0. The molecule has 0 bridgehead atoms. The largest absolute Gasteiger partial charge is 0.449 e. The number of aryl methyl sites for hydroxylation is 2. The fraction of sp³-hybridized carbons (Fsp3) is 0.211. The van der Waals surface area contributed by atoms with Gasteiger partial charge in [0.05, 0.1) is 16.8 Å². The molecule has 122 valence electrons. The van der Waals surface area contributed by atoms with Gasteiger partial charge in [-0.05, 0) is 44.5 Å². The van der Waals surface area contributed by atoms with E-state index >= 15 is 0 Å². The smallest absolute Gasteiger partial charge is 0.339 e. The molecule has 1 unspecified atom stereocenters. The number of nitriles is 1. The second kappa shape index (κ2) is 7.42. The number of rotatable bonds is 4. The zero-order valence-electron chi connectivity index (χ0n) is 13.8. The first-order chi connectivity index (χ1) is 11.4. The normalized spacial score (nSPS) is 11.2. The summed E-state index contributed by atoms with van der Waals surface area (Å²) >= 11 is 0. The van der Waals surface area contributed by atoms with Crippen molar-refractivity contribution in [2.24, 2.45) is 0 Å². The lowest BCUT2D eigenvalue weighted by Gasteiger charge is -2.15. The molecule has 0 fully saturated rings. The molecule has 0 aliphatic carbocycles. The molecule has 2 aromatic rings. The number of nitrogens with zero attached hydrogens (tertiary/aromatic N) is 1. The maximum absolute atomic E-state index is 12.2. The molecule has 24 heavy (non-hydrogen) atoms. The third-order valence-corrected chi connectivity index (χ3v) is 3.56. The van der Waals surface area contributed by atoms with Crippen molar-refractivity contribution in [1.29, 1.82) is 5.26 Å². The van der Waals surface area contributed by atoms with Crippen molar-refractivity contribution < 1.29 is 14.3 Å². The number of hydrogen-bond acceptors (Lipinski definition) is 4. The number of ether oxygens (including phenoxy) is 1. The number of benzene rings is 2. The van der Waals surface area contributed by atoms with Crippen molar-refractivity contribution in [3.8, 4) is 6.07 Å². The van der Waals surface area contributed by atoms with Crippen LogP contribution in [0.25, 0.3) is 0 Å². The summed E-state index contributed by atoms with van der Waals surface area (Å²) in [4.78, 5) is 24.4. The highest BCUT2D eigenvalue weighted by molar-refractivity contribution is 5.98. The molecule has 0 radical (unpaired) electrons. The molecule has 0 saturated heterocycles. The van der Waals surface area contributed by atoms with E-state index in [-0.39, 0.29) is 0 Å². The number of carbonyl (C=O) groups excluding carboxylic acids is 2. The lowest BCUT2D eigenvalue weighted by Crippen LogP contribution is -2.30. The van der Waals surface area contributed by atoms with E-state index in [0.29, 0.717) is 16.8 Å². The number of amides is 1. The van der Waals surface area contributed by atoms with Gasteiger partial charge in [0.15, 0.2) is 6.10 Å². The van der Waals surface area contributed by atoms with Gasteiger partial charge in [-0.25, -0.2) is 4.79 Å². The maximum Gasteiger partial charge on any atom is 0.339 e. The Labute approximate surface area is 140 Å². The van der Waals surface area contributed by atoms with Gasteiger partial charge in [-0.3, -0.25) is 4.79 Å². The van der Waals surface area contributed by atoms with Gasteiger partial charge in [0.25, 0.3) is 5.91 Å². The van der Waals surface area contributed by atoms with Crippen molar-refractivity contribution in [1.82, 2.24) is 0 Å². The van der Waals surface area contributed by atoms with Crippen LogP contribution in [0, 0.1) is 25.2 Å². The van der Waals surface area contributed by atoms with Crippen molar-refractivity contribution in [3.05, 3.63) is 64.7 Å². The first kappa shape index (κ1) is 17.2. The zero-order chi connectivity index (χ0) is 17.7. The number of para-hydroxylation sites is 1. The van der Waals surface area contributed by atoms with Crippen LogP contribution < -0.4 is 5.32 Å². The monoisotopic (exact) mass is 322 g/mol. The van der Waals surface area contributed by atoms with Gasteiger partial charge in [-0.15, -0.1) is 0 Å². The molecule has 1 N–H and O–H groups in total. The quantitative estimate of drug-likeness (QED) is 0.875. The Kier molecular flexibility index (Phi) is 5.33. The van der Waals surface area contributed by atoms with Gasteiger partial charge in [0, 0.05) is 0 Å². The molecule has 5 heteroatoms. The third kappa shape index (κ3) is 3.99. The van der Waals surface area contributed by atoms with E-state index in [1.165, 1.54) is 6.92 Å². The summed E-state index contributed by atoms with van der Waals surface area (Å²) in [6.45, 7) is 5.24. The van der Waals surface area contributed by atoms with E-state index in [1.54, 1.807) is 30.3 Å². The summed E-state index contributed by atoms with van der Waals surface area (Å²) in [5.41, 5.74) is 3.00. The molecule has 0 spiro atoms. The Balaban J connectivity index is 2.06. The Morgan fingerprint density at radius 1 is 1.17 bits per heavy atom. The first-order valence-corrected chi connectivity index (χ1v) is 7.50. The predicted octanol–water partition coefficient (Wildman–Crippen LogP) is 3.36. The SMILES string of the molecule is Cc1ccc(C(=O)OC(C)C(=O)Nc2ccccc2C#N)c(C)c1. The van der Waals surface area contributed by atoms with Crippen LogP contribution in [-0.2, 0) is 9.53 Å². The topological polar surface area (TPSA) is 79.2 Å². The Hall–Kier alpha value is -3.13. The van der Waals surface area contributed by atoms with Crippen molar-refractivity contribution in [2.75, 3.05) is 5.32 Å². The summed E-state index contributed by atoms with van der Waals surface area (Å²) in [6.07, 6.45) is -0.982. The van der Waals surface area contributed by atoms with Crippen LogP contribution in [0.2, 0.25) is 0 Å². The molecule has 0 aliphatic heterocycles. The highest BCUT2D eigenvalue weighted by Gasteiger charge is 2.20. The lowest BCUT2D eigenvalue weighted by molar-refractivity contribution is -0.123. The molecule has 5 nitrogen and oxygen atoms in total. The van der Waals surface area contributed by atoms with E-state index in [0.717, 1.165) is 11.1 Å². The van der Waals surface area contributed by atoms with Crippen LogP contribution in [0.3, 0.4) is 0 Å². The van der Waals surface area contributed by atoms with Gasteiger partial charge >= 0.3 is 5.97 Å². The molecule has 0 saturated carbocycles. The number of anilines is 1. The van der Waals surface area contributed by atoms with Gasteiger partial charge in [-0.1, -0.05) is 29.8 Å². The lowest BCUT2D eigenvalue weighted by atomic mass is 10.1. The highest BCUT2D eigenvalue weighted by Crippen LogP contribution is 2.16. The number of carbonyl (C=O) groups is 2. The van der Waals surface area contributed by atoms with Crippen LogP contribution in [0.4, 0.5) is 5.69 Å². The van der Waals surface area contributed by atoms with Crippen molar-refractivity contribution >= 4 is 17.6 Å². The number of hydrogen-bond donors (Lipinski definition) is 1. The molecule has 1 atom stereocenters. The van der Waals surface area contributed by atoms with E-state index in [4.69, 9.17) is 10.00 Å². The Bertz CT molecular complexity index is 822. The fourth-order valence-electron chi connectivity index (χ4n) is 2.24. The molecule has 2 rings (SSSR count). The van der Waals surface area contributed by atoms with E-state index < -0.39 is 18.0 Å². The average Bonchev–Trinajstić information content (AvgIpc) is 2.55. The summed E-state index contributed by atoms with van der Waals surface area (Å²) < 4.78 is 5.23. The summed E-state index contributed by atoms with van der Waals surface area (Å²) in [5, 5.41) is 11.6. The minimum Gasteiger partial charge on any atom is -0.449 e. The Morgan fingerprint density at radius 2 is 1.88 bits per heavy atom. The first-order valence-electron chi connectivity index (χ1n) is 7.50. The number of nitrogens with one attached hydrogen (secondary N) is 1. The second-order valence-electron chi connectivity index (χ2n) is 5.51. The van der Waals surface area contributed by atoms with Crippen LogP contribution in [0.1, 0.15) is 34.0 Å². The third-order valence-electron chi connectivity index (χ3n) is 3.56. The summed E-state index contributed by atoms with van der Waals surface area (Å²) in [5.74, 6) is -1.04. The second-order valence-corrected chi connectivity index (χ2v) is 5.51. The van der Waals surface area contributed by atoms with Gasteiger partial charge in [0.1, 0.15) is 6.07 Å². The standard InChI is InChI=1S/C19H18N2O3/c1-12-8-9-16(13(2)10-12)19(23)24-14(3)18(22)21-17-7-5-4-6-15(17)11-20/h4-10,14H,1-3H3,(H,21,22). The molecular formula is C19H18N2O3. The van der Waals surface area contributed by atoms with E-state index in [2.05, 4.69) is 5.32 Å². The average molecular weight is 322 g/mol. The fourth-order valence-corrected chi connectivity index (χ4v) is 2.24. The molecular weight excluding hydrogens is 304 g/mol. The van der Waals surface area contributed by atoms with E-state index in [1.807, 2.05) is 32.0 Å². The summed E-state index contributed by atoms with van der Waals surface area (Å²) in [6, 6.07) is 14.0. The molecule has 2 aromatic carbocycles. The minimum absolute atomic E-state index is 0.346. The number of esters is 1. The van der Waals surface area contributed by atoms with Crippen molar-refractivity contribution in [2.45, 2.75) is 26.9 Å². The highest BCUT2D eigenvalue weighted by atomic mass is 16.5. The molecule has 0 aromatic heterocycles.